The van der Waals surface area contributed by atoms with E-state index in [4.69, 9.17) is 0 Å². The van der Waals surface area contributed by atoms with Crippen LogP contribution >= 0.6 is 0 Å². The van der Waals surface area contributed by atoms with E-state index < -0.39 is 11.7 Å². The van der Waals surface area contributed by atoms with Crippen LogP contribution in [0, 0.1) is 12.7 Å². The number of nitrogens with zero attached hydrogens (tertiary/aromatic N) is 1. The Balaban J connectivity index is 0. The molecule has 0 aromatic heterocycles. The number of hydrogen-bond donors (Lipinski definition) is 3. The molecule has 0 unspecified atom stereocenters. The van der Waals surface area contributed by atoms with E-state index in [9.17, 15) is 23.6 Å². The standard InChI is InChI=1S/C18H26FN3O3.C7H9N.C3H6O2.C3H8/c1-4-7-22(8-6-16(23)20-5-2)17(24)12-21-18(25)14-9-13(3)10-15(19)11-14;1-8-7-5-3-2-4-6-7;1-2-5-3-4;1-3-2/h9-11H,4-8,12H2,1-3H3,(H,20,23)(H,21,25);2-6,8H,1H3;3H,2H2,1H3;3H2,1-2H3. The minimum absolute atomic E-state index is 0.115. The van der Waals surface area contributed by atoms with E-state index in [1.165, 1.54) is 12.5 Å². The molecule has 2 aromatic carbocycles. The van der Waals surface area contributed by atoms with Crippen LogP contribution in [-0.2, 0) is 19.1 Å². The summed E-state index contributed by atoms with van der Waals surface area (Å²) in [6.07, 6.45) is 2.22. The minimum Gasteiger partial charge on any atom is -0.468 e. The van der Waals surface area contributed by atoms with Crippen LogP contribution in [0.3, 0.4) is 0 Å². The summed E-state index contributed by atoms with van der Waals surface area (Å²) < 4.78 is 17.5. The smallest absolute Gasteiger partial charge is 0.293 e. The van der Waals surface area contributed by atoms with Crippen molar-refractivity contribution in [2.24, 2.45) is 0 Å². The highest BCUT2D eigenvalue weighted by Gasteiger charge is 2.16. The van der Waals surface area contributed by atoms with Gasteiger partial charge in [0.15, 0.2) is 0 Å². The molecule has 3 amide bonds. The number of aryl methyl sites for hydroxylation is 1. The molecule has 2 rings (SSSR count). The van der Waals surface area contributed by atoms with Gasteiger partial charge in [-0.3, -0.25) is 19.2 Å². The van der Waals surface area contributed by atoms with E-state index >= 15 is 0 Å². The fraction of sp³-hybridized carbons (Fsp3) is 0.484. The summed E-state index contributed by atoms with van der Waals surface area (Å²) in [5, 5.41) is 8.22. The number of nitrogens with one attached hydrogen (secondary N) is 3. The lowest BCUT2D eigenvalue weighted by atomic mass is 10.1. The van der Waals surface area contributed by atoms with Gasteiger partial charge in [-0.2, -0.15) is 0 Å². The number of halogens is 1. The Morgan fingerprint density at radius 2 is 1.59 bits per heavy atom. The zero-order valence-corrected chi connectivity index (χ0v) is 25.7. The molecule has 0 bridgehead atoms. The van der Waals surface area contributed by atoms with Gasteiger partial charge < -0.3 is 25.6 Å². The summed E-state index contributed by atoms with van der Waals surface area (Å²) in [6, 6.07) is 14.1. The molecule has 0 fully saturated rings. The Bertz CT molecular complexity index is 969. The SMILES string of the molecule is CCC.CCCN(CCC(=O)NCC)C(=O)CNC(=O)c1cc(C)cc(F)c1.CCOC=O.CNc1ccccc1. The first-order chi connectivity index (χ1) is 19.6. The summed E-state index contributed by atoms with van der Waals surface area (Å²) in [6.45, 7) is 13.5. The number of ether oxygens (including phenoxy) is 1. The van der Waals surface area contributed by atoms with Gasteiger partial charge in [0.2, 0.25) is 11.8 Å². The second-order valence-electron chi connectivity index (χ2n) is 8.66. The molecule has 10 heteroatoms. The molecule has 0 atom stereocenters. The van der Waals surface area contributed by atoms with Crippen molar-refractivity contribution in [1.82, 2.24) is 15.5 Å². The molecule has 0 aliphatic carbocycles. The summed E-state index contributed by atoms with van der Waals surface area (Å²) in [7, 11) is 1.91. The first kappa shape index (κ1) is 39.2. The van der Waals surface area contributed by atoms with Crippen molar-refractivity contribution in [3.8, 4) is 0 Å². The number of para-hydroxylation sites is 1. The highest BCUT2D eigenvalue weighted by Crippen LogP contribution is 2.08. The van der Waals surface area contributed by atoms with E-state index in [1.54, 1.807) is 24.8 Å². The zero-order valence-electron chi connectivity index (χ0n) is 25.7. The van der Waals surface area contributed by atoms with E-state index in [-0.39, 0.29) is 30.3 Å². The maximum absolute atomic E-state index is 13.4. The van der Waals surface area contributed by atoms with Crippen LogP contribution in [0.25, 0.3) is 0 Å². The van der Waals surface area contributed by atoms with Crippen LogP contribution in [0.4, 0.5) is 10.1 Å². The molecule has 0 aliphatic rings. The number of anilines is 1. The normalized spacial score (nSPS) is 9.17. The maximum Gasteiger partial charge on any atom is 0.293 e. The largest absolute Gasteiger partial charge is 0.468 e. The van der Waals surface area contributed by atoms with Gasteiger partial charge in [0.1, 0.15) is 5.82 Å². The molecule has 9 nitrogen and oxygen atoms in total. The highest BCUT2D eigenvalue weighted by molar-refractivity contribution is 5.96. The van der Waals surface area contributed by atoms with Crippen molar-refractivity contribution in [3.63, 3.8) is 0 Å². The third-order valence-electron chi connectivity index (χ3n) is 4.83. The maximum atomic E-state index is 13.4. The van der Waals surface area contributed by atoms with Gasteiger partial charge in [0, 0.05) is 44.4 Å². The van der Waals surface area contributed by atoms with Gasteiger partial charge >= 0.3 is 0 Å². The van der Waals surface area contributed by atoms with Crippen LogP contribution in [0.2, 0.25) is 0 Å². The fourth-order valence-corrected chi connectivity index (χ4v) is 3.06. The topological polar surface area (TPSA) is 117 Å². The number of carbonyl (C=O) groups excluding carboxylic acids is 4. The molecule has 41 heavy (non-hydrogen) atoms. The summed E-state index contributed by atoms with van der Waals surface area (Å²) in [5.41, 5.74) is 1.97. The summed E-state index contributed by atoms with van der Waals surface area (Å²) in [5.74, 6) is -1.38. The molecule has 0 radical (unpaired) electrons. The predicted octanol–water partition coefficient (Wildman–Crippen LogP) is 4.95. The van der Waals surface area contributed by atoms with Gasteiger partial charge in [-0.25, -0.2) is 4.39 Å². The lowest BCUT2D eigenvalue weighted by molar-refractivity contribution is -0.131. The third kappa shape index (κ3) is 21.5. The molecule has 0 aliphatic heterocycles. The summed E-state index contributed by atoms with van der Waals surface area (Å²) in [4.78, 5) is 46.6. The molecule has 2 aromatic rings. The second-order valence-corrected chi connectivity index (χ2v) is 8.66. The van der Waals surface area contributed by atoms with E-state index in [1.807, 2.05) is 51.2 Å². The average Bonchev–Trinajstić information content (AvgIpc) is 2.95. The van der Waals surface area contributed by atoms with E-state index in [0.29, 0.717) is 38.3 Å². The van der Waals surface area contributed by atoms with Gasteiger partial charge in [-0.15, -0.1) is 0 Å². The van der Waals surface area contributed by atoms with Crippen molar-refractivity contribution >= 4 is 29.9 Å². The number of benzene rings is 2. The van der Waals surface area contributed by atoms with Crippen molar-refractivity contribution in [3.05, 3.63) is 65.5 Å². The lowest BCUT2D eigenvalue weighted by Crippen LogP contribution is -2.42. The monoisotopic (exact) mass is 576 g/mol. The average molecular weight is 577 g/mol. The zero-order chi connectivity index (χ0) is 31.5. The molecular formula is C31H49FN4O5. The van der Waals surface area contributed by atoms with Gasteiger partial charge in [0.05, 0.1) is 13.2 Å². The van der Waals surface area contributed by atoms with Crippen LogP contribution in [0.5, 0.6) is 0 Å². The molecule has 3 N–H and O–H groups in total. The van der Waals surface area contributed by atoms with Crippen LogP contribution < -0.4 is 16.0 Å². The van der Waals surface area contributed by atoms with Gasteiger partial charge in [0.25, 0.3) is 12.4 Å². The first-order valence-electron chi connectivity index (χ1n) is 14.0. The molecule has 0 saturated heterocycles. The van der Waals surface area contributed by atoms with Crippen molar-refractivity contribution < 1.29 is 28.3 Å². The van der Waals surface area contributed by atoms with Crippen molar-refractivity contribution in [2.75, 3.05) is 45.2 Å². The van der Waals surface area contributed by atoms with Crippen LogP contribution in [0.1, 0.15) is 69.8 Å². The Kier molecular flexibility index (Phi) is 25.1. The van der Waals surface area contributed by atoms with E-state index in [0.717, 1.165) is 18.2 Å². The van der Waals surface area contributed by atoms with Crippen LogP contribution in [-0.4, -0.2) is 68.9 Å². The molecule has 230 valence electrons. The Morgan fingerprint density at radius 3 is 2.02 bits per heavy atom. The minimum atomic E-state index is -0.504. The Hall–Kier alpha value is -3.95. The second kappa shape index (κ2) is 26.3. The Labute approximate surface area is 245 Å². The molecular weight excluding hydrogens is 527 g/mol. The number of amides is 3. The van der Waals surface area contributed by atoms with Crippen molar-refractivity contribution in [2.45, 2.75) is 60.8 Å². The van der Waals surface area contributed by atoms with Gasteiger partial charge in [-0.1, -0.05) is 45.4 Å². The Morgan fingerprint density at radius 1 is 0.951 bits per heavy atom. The lowest BCUT2D eigenvalue weighted by Gasteiger charge is -2.22. The number of rotatable bonds is 12. The van der Waals surface area contributed by atoms with E-state index in [2.05, 4.69) is 34.5 Å². The quantitative estimate of drug-likeness (QED) is 0.308. The summed E-state index contributed by atoms with van der Waals surface area (Å²) >= 11 is 0. The highest BCUT2D eigenvalue weighted by atomic mass is 19.1. The molecule has 0 heterocycles. The fourth-order valence-electron chi connectivity index (χ4n) is 3.06. The predicted molar refractivity (Wildman–Crippen MR) is 163 cm³/mol. The molecule has 0 saturated carbocycles. The first-order valence-corrected chi connectivity index (χ1v) is 14.0. The molecule has 0 spiro atoms. The number of carbonyl (C=O) groups is 4. The van der Waals surface area contributed by atoms with Gasteiger partial charge in [-0.05, 0) is 63.1 Å². The van der Waals surface area contributed by atoms with Crippen LogP contribution in [0.15, 0.2) is 48.5 Å². The third-order valence-corrected chi connectivity index (χ3v) is 4.83. The number of hydrogen-bond acceptors (Lipinski definition) is 6. The van der Waals surface area contributed by atoms with Crippen molar-refractivity contribution in [1.29, 1.82) is 0 Å².